The Hall–Kier alpha value is -2.24. The van der Waals surface area contributed by atoms with Crippen LogP contribution in [0, 0.1) is 0 Å². The average Bonchev–Trinajstić information content (AvgIpc) is 2.84. The van der Waals surface area contributed by atoms with Crippen LogP contribution in [0.5, 0.6) is 0 Å². The van der Waals surface area contributed by atoms with Gasteiger partial charge in [0.05, 0.1) is 17.9 Å². The number of hydrogen-bond acceptors (Lipinski definition) is 5. The number of imidazole rings is 1. The van der Waals surface area contributed by atoms with Crippen LogP contribution in [0.3, 0.4) is 0 Å². The predicted molar refractivity (Wildman–Crippen MR) is 74.3 cm³/mol. The fourth-order valence-electron chi connectivity index (χ4n) is 1.89. The minimum absolute atomic E-state index is 0.0939. The Bertz CT molecular complexity index is 619. The Balaban J connectivity index is 2.48. The van der Waals surface area contributed by atoms with E-state index in [1.54, 1.807) is 13.1 Å². The molecule has 0 aliphatic carbocycles. The van der Waals surface area contributed by atoms with Gasteiger partial charge in [-0.15, -0.1) is 0 Å². The van der Waals surface area contributed by atoms with Crippen LogP contribution >= 0.6 is 0 Å². The van der Waals surface area contributed by atoms with Gasteiger partial charge in [0.1, 0.15) is 0 Å². The molecular formula is C14H18N4O2. The van der Waals surface area contributed by atoms with Crippen molar-refractivity contribution in [1.29, 1.82) is 0 Å². The summed E-state index contributed by atoms with van der Waals surface area (Å²) in [6, 6.07) is 0. The zero-order chi connectivity index (χ0) is 14.7. The van der Waals surface area contributed by atoms with Gasteiger partial charge in [-0.05, 0) is 12.8 Å². The maximum absolute atomic E-state index is 11.9. The molecule has 0 saturated carbocycles. The van der Waals surface area contributed by atoms with E-state index < -0.39 is 0 Å². The number of carbonyl (C=O) groups excluding carboxylic acids is 1. The summed E-state index contributed by atoms with van der Waals surface area (Å²) in [6.07, 6.45) is 5.03. The maximum Gasteiger partial charge on any atom is 0.341 e. The SMILES string of the molecule is CCOC(=O)c1cnc(-c2nccn2C)nc1C(C)C. The number of hydrogen-bond donors (Lipinski definition) is 0. The molecule has 0 bridgehead atoms. The number of rotatable bonds is 4. The molecule has 2 aromatic rings. The first-order chi connectivity index (χ1) is 9.54. The number of ether oxygens (including phenoxy) is 1. The fourth-order valence-corrected chi connectivity index (χ4v) is 1.89. The topological polar surface area (TPSA) is 69.9 Å². The highest BCUT2D eigenvalue weighted by molar-refractivity contribution is 5.90. The van der Waals surface area contributed by atoms with Gasteiger partial charge in [0.15, 0.2) is 11.6 Å². The molecule has 0 spiro atoms. The molecule has 2 rings (SSSR count). The number of esters is 1. The maximum atomic E-state index is 11.9. The summed E-state index contributed by atoms with van der Waals surface area (Å²) in [6.45, 7) is 6.06. The molecule has 0 aromatic carbocycles. The van der Waals surface area contributed by atoms with Crippen LogP contribution in [0.4, 0.5) is 0 Å². The Labute approximate surface area is 117 Å². The standard InChI is InChI=1S/C14H18N4O2/c1-5-20-14(19)10-8-16-12(17-11(10)9(2)3)13-15-6-7-18(13)4/h6-9H,5H2,1-4H3. The summed E-state index contributed by atoms with van der Waals surface area (Å²) in [4.78, 5) is 24.8. The first kappa shape index (κ1) is 14.2. The van der Waals surface area contributed by atoms with E-state index in [1.807, 2.05) is 31.7 Å². The average molecular weight is 274 g/mol. The van der Waals surface area contributed by atoms with Crippen molar-refractivity contribution in [1.82, 2.24) is 19.5 Å². The summed E-state index contributed by atoms with van der Waals surface area (Å²) in [5.41, 5.74) is 1.09. The first-order valence-corrected chi connectivity index (χ1v) is 6.56. The van der Waals surface area contributed by atoms with Crippen LogP contribution in [0.2, 0.25) is 0 Å². The molecule has 0 atom stereocenters. The molecule has 0 aliphatic heterocycles. The Kier molecular flexibility index (Phi) is 4.12. The Morgan fingerprint density at radius 3 is 2.70 bits per heavy atom. The van der Waals surface area contributed by atoms with Gasteiger partial charge in [0, 0.05) is 25.6 Å². The second-order valence-corrected chi connectivity index (χ2v) is 4.73. The largest absolute Gasteiger partial charge is 0.462 e. The molecule has 0 N–H and O–H groups in total. The second kappa shape index (κ2) is 5.81. The smallest absolute Gasteiger partial charge is 0.341 e. The molecule has 20 heavy (non-hydrogen) atoms. The molecule has 6 heteroatoms. The van der Waals surface area contributed by atoms with Crippen LogP contribution in [-0.2, 0) is 11.8 Å². The third-order valence-electron chi connectivity index (χ3n) is 2.88. The van der Waals surface area contributed by atoms with Crippen molar-refractivity contribution in [3.8, 4) is 11.6 Å². The minimum atomic E-state index is -0.386. The normalized spacial score (nSPS) is 10.8. The second-order valence-electron chi connectivity index (χ2n) is 4.73. The number of aromatic nitrogens is 4. The van der Waals surface area contributed by atoms with E-state index in [2.05, 4.69) is 15.0 Å². The first-order valence-electron chi connectivity index (χ1n) is 6.56. The predicted octanol–water partition coefficient (Wildman–Crippen LogP) is 2.18. The molecule has 0 unspecified atom stereocenters. The van der Waals surface area contributed by atoms with Gasteiger partial charge in [0.2, 0.25) is 0 Å². The van der Waals surface area contributed by atoms with Gasteiger partial charge in [-0.25, -0.2) is 19.7 Å². The van der Waals surface area contributed by atoms with Gasteiger partial charge in [0.25, 0.3) is 0 Å². The van der Waals surface area contributed by atoms with Gasteiger partial charge in [-0.2, -0.15) is 0 Å². The van der Waals surface area contributed by atoms with Crippen molar-refractivity contribution < 1.29 is 9.53 Å². The van der Waals surface area contributed by atoms with Crippen molar-refractivity contribution in [2.75, 3.05) is 6.61 Å². The molecule has 106 valence electrons. The lowest BCUT2D eigenvalue weighted by Crippen LogP contribution is -2.13. The zero-order valence-corrected chi connectivity index (χ0v) is 12.1. The molecule has 0 saturated heterocycles. The summed E-state index contributed by atoms with van der Waals surface area (Å²) >= 11 is 0. The molecule has 0 radical (unpaired) electrons. The van der Waals surface area contributed by atoms with Crippen molar-refractivity contribution in [3.63, 3.8) is 0 Å². The lowest BCUT2D eigenvalue weighted by Gasteiger charge is -2.11. The quantitative estimate of drug-likeness (QED) is 0.799. The van der Waals surface area contributed by atoms with Gasteiger partial charge >= 0.3 is 5.97 Å². The van der Waals surface area contributed by atoms with Crippen LogP contribution in [0.1, 0.15) is 42.7 Å². The van der Waals surface area contributed by atoms with Crippen molar-refractivity contribution in [2.24, 2.45) is 7.05 Å². The van der Waals surface area contributed by atoms with Gasteiger partial charge in [-0.1, -0.05) is 13.8 Å². The van der Waals surface area contributed by atoms with E-state index in [1.165, 1.54) is 6.20 Å². The van der Waals surface area contributed by atoms with Crippen LogP contribution < -0.4 is 0 Å². The lowest BCUT2D eigenvalue weighted by molar-refractivity contribution is 0.0523. The summed E-state index contributed by atoms with van der Waals surface area (Å²) in [7, 11) is 1.87. The van der Waals surface area contributed by atoms with Crippen molar-refractivity contribution >= 4 is 5.97 Å². The van der Waals surface area contributed by atoms with Crippen LogP contribution in [-0.4, -0.2) is 32.1 Å². The molecule has 6 nitrogen and oxygen atoms in total. The van der Waals surface area contributed by atoms with E-state index in [9.17, 15) is 4.79 Å². The van der Waals surface area contributed by atoms with E-state index in [4.69, 9.17) is 4.74 Å². The van der Waals surface area contributed by atoms with E-state index in [0.717, 1.165) is 0 Å². The molecule has 0 amide bonds. The number of carbonyl (C=O) groups is 1. The number of aryl methyl sites for hydroxylation is 1. The van der Waals surface area contributed by atoms with Crippen LogP contribution in [0.25, 0.3) is 11.6 Å². The molecule has 0 fully saturated rings. The van der Waals surface area contributed by atoms with Gasteiger partial charge < -0.3 is 9.30 Å². The van der Waals surface area contributed by atoms with Crippen molar-refractivity contribution in [3.05, 3.63) is 29.8 Å². The van der Waals surface area contributed by atoms with E-state index in [-0.39, 0.29) is 11.9 Å². The highest BCUT2D eigenvalue weighted by atomic mass is 16.5. The fraction of sp³-hybridized carbons (Fsp3) is 0.429. The van der Waals surface area contributed by atoms with Crippen LogP contribution in [0.15, 0.2) is 18.6 Å². The monoisotopic (exact) mass is 274 g/mol. The Morgan fingerprint density at radius 1 is 1.40 bits per heavy atom. The highest BCUT2D eigenvalue weighted by Crippen LogP contribution is 2.21. The lowest BCUT2D eigenvalue weighted by atomic mass is 10.1. The van der Waals surface area contributed by atoms with E-state index in [0.29, 0.717) is 29.5 Å². The third kappa shape index (κ3) is 2.68. The summed E-state index contributed by atoms with van der Waals surface area (Å²) < 4.78 is 6.87. The molecule has 2 heterocycles. The molecule has 0 aliphatic rings. The molecule has 2 aromatic heterocycles. The van der Waals surface area contributed by atoms with E-state index >= 15 is 0 Å². The summed E-state index contributed by atoms with van der Waals surface area (Å²) in [5, 5.41) is 0. The minimum Gasteiger partial charge on any atom is -0.462 e. The number of nitrogens with zero attached hydrogens (tertiary/aromatic N) is 4. The van der Waals surface area contributed by atoms with Crippen molar-refractivity contribution in [2.45, 2.75) is 26.7 Å². The van der Waals surface area contributed by atoms with Gasteiger partial charge in [-0.3, -0.25) is 0 Å². The third-order valence-corrected chi connectivity index (χ3v) is 2.88. The Morgan fingerprint density at radius 2 is 2.15 bits per heavy atom. The summed E-state index contributed by atoms with van der Waals surface area (Å²) in [5.74, 6) is 0.885. The zero-order valence-electron chi connectivity index (χ0n) is 12.1. The highest BCUT2D eigenvalue weighted by Gasteiger charge is 2.19. The molecular weight excluding hydrogens is 256 g/mol.